The summed E-state index contributed by atoms with van der Waals surface area (Å²) in [5.74, 6) is 1.98. The Morgan fingerprint density at radius 2 is 1.74 bits per heavy atom. The van der Waals surface area contributed by atoms with Crippen molar-refractivity contribution in [1.29, 1.82) is 0 Å². The molecule has 0 radical (unpaired) electrons. The second-order valence-electron chi connectivity index (χ2n) is 8.40. The zero-order valence-electron chi connectivity index (χ0n) is 18.5. The molecule has 1 unspecified atom stereocenters. The number of hydrogen-bond acceptors (Lipinski definition) is 6. The molecule has 2 aliphatic rings. The van der Waals surface area contributed by atoms with E-state index in [1.165, 1.54) is 0 Å². The summed E-state index contributed by atoms with van der Waals surface area (Å²) in [4.78, 5) is 22.1. The van der Waals surface area contributed by atoms with E-state index >= 15 is 0 Å². The quantitative estimate of drug-likeness (QED) is 0.459. The number of aryl methyl sites for hydroxylation is 2. The van der Waals surface area contributed by atoms with E-state index in [1.807, 2.05) is 62.4 Å². The lowest BCUT2D eigenvalue weighted by atomic mass is 9.84. The van der Waals surface area contributed by atoms with Gasteiger partial charge in [-0.25, -0.2) is 9.97 Å². The van der Waals surface area contributed by atoms with Crippen LogP contribution in [0, 0.1) is 13.8 Å². The Hall–Kier alpha value is -3.91. The average molecular weight is 474 g/mol. The molecule has 170 valence electrons. The summed E-state index contributed by atoms with van der Waals surface area (Å²) in [5, 5.41) is 8.56. The topological polar surface area (TPSA) is 91.2 Å². The number of nitrogens with zero attached hydrogens (tertiary/aromatic N) is 4. The molecule has 0 aliphatic carbocycles. The largest absolute Gasteiger partial charge is 0.454 e. The van der Waals surface area contributed by atoms with Crippen molar-refractivity contribution in [3.8, 4) is 28.7 Å². The van der Waals surface area contributed by atoms with Crippen LogP contribution in [-0.4, -0.2) is 32.4 Å². The first-order chi connectivity index (χ1) is 16.5. The number of ether oxygens (including phenoxy) is 2. The number of halogens is 1. The number of aromatic nitrogens is 4. The van der Waals surface area contributed by atoms with Crippen molar-refractivity contribution in [2.24, 2.45) is 0 Å². The molecule has 4 aromatic rings. The Bertz CT molecular complexity index is 1430. The zero-order chi connectivity index (χ0) is 23.4. The highest BCUT2D eigenvalue weighted by Crippen LogP contribution is 2.45. The third-order valence-corrected chi connectivity index (χ3v) is 6.25. The third kappa shape index (κ3) is 3.47. The molecular formula is C25H20ClN5O3. The molecule has 0 spiro atoms. The van der Waals surface area contributed by atoms with E-state index in [2.05, 4.69) is 15.3 Å². The van der Waals surface area contributed by atoms with Crippen molar-refractivity contribution in [2.75, 3.05) is 12.1 Å². The van der Waals surface area contributed by atoms with E-state index in [9.17, 15) is 4.79 Å². The molecular weight excluding hydrogens is 454 g/mol. The number of benzene rings is 2. The highest BCUT2D eigenvalue weighted by molar-refractivity contribution is 6.30. The van der Waals surface area contributed by atoms with Crippen molar-refractivity contribution < 1.29 is 14.3 Å². The molecule has 2 aliphatic heterocycles. The van der Waals surface area contributed by atoms with Gasteiger partial charge in [0.2, 0.25) is 12.7 Å². The van der Waals surface area contributed by atoms with Crippen molar-refractivity contribution >= 4 is 23.3 Å². The van der Waals surface area contributed by atoms with E-state index in [0.717, 1.165) is 33.8 Å². The summed E-state index contributed by atoms with van der Waals surface area (Å²) in [6.07, 6.45) is 0.270. The normalized spacial score (nSPS) is 16.3. The maximum atomic E-state index is 12.9. The number of carbonyl (C=O) groups excluding carboxylic acids is 1. The third-order valence-electron chi connectivity index (χ3n) is 5.99. The van der Waals surface area contributed by atoms with Crippen LogP contribution in [0.15, 0.2) is 48.5 Å². The van der Waals surface area contributed by atoms with Crippen LogP contribution in [0.1, 0.15) is 34.9 Å². The lowest BCUT2D eigenvalue weighted by molar-refractivity contribution is -0.116. The molecule has 1 atom stereocenters. The zero-order valence-corrected chi connectivity index (χ0v) is 19.3. The van der Waals surface area contributed by atoms with Crippen molar-refractivity contribution in [1.82, 2.24) is 19.7 Å². The number of hydrogen-bond donors (Lipinski definition) is 1. The molecule has 1 amide bonds. The van der Waals surface area contributed by atoms with Gasteiger partial charge in [-0.2, -0.15) is 9.78 Å². The standard InChI is InChI=1S/C25H20ClN5O3/c1-13-9-14(2)28-25(27-13)31-24-22(23(30-31)15-3-6-17(26)7-4-15)18(11-21(32)29-24)16-5-8-19-20(10-16)34-12-33-19/h3-10,18H,11-12H2,1-2H3,(H,29,32). The maximum Gasteiger partial charge on any atom is 0.252 e. The van der Waals surface area contributed by atoms with Gasteiger partial charge in [0.05, 0.1) is 5.69 Å². The highest BCUT2D eigenvalue weighted by Gasteiger charge is 2.35. The minimum Gasteiger partial charge on any atom is -0.454 e. The number of nitrogens with one attached hydrogen (secondary N) is 1. The van der Waals surface area contributed by atoms with Gasteiger partial charge in [-0.3, -0.25) is 4.79 Å². The van der Waals surface area contributed by atoms with Gasteiger partial charge in [0.15, 0.2) is 11.5 Å². The molecule has 0 bridgehead atoms. The summed E-state index contributed by atoms with van der Waals surface area (Å²) in [6, 6.07) is 15.2. The summed E-state index contributed by atoms with van der Waals surface area (Å²) in [7, 11) is 0. The number of anilines is 1. The summed E-state index contributed by atoms with van der Waals surface area (Å²) in [6.45, 7) is 4.00. The van der Waals surface area contributed by atoms with Crippen LogP contribution in [0.25, 0.3) is 17.2 Å². The van der Waals surface area contributed by atoms with E-state index < -0.39 is 0 Å². The lowest BCUT2D eigenvalue weighted by Gasteiger charge is -2.24. The smallest absolute Gasteiger partial charge is 0.252 e. The predicted octanol–water partition coefficient (Wildman–Crippen LogP) is 4.80. The Labute approximate surface area is 200 Å². The molecule has 8 nitrogen and oxygen atoms in total. The maximum absolute atomic E-state index is 12.9. The first-order valence-electron chi connectivity index (χ1n) is 10.9. The molecule has 2 aromatic carbocycles. The average Bonchev–Trinajstić information content (AvgIpc) is 3.42. The van der Waals surface area contributed by atoms with Crippen LogP contribution in [0.3, 0.4) is 0 Å². The minimum absolute atomic E-state index is 0.108. The highest BCUT2D eigenvalue weighted by atomic mass is 35.5. The van der Waals surface area contributed by atoms with Crippen molar-refractivity contribution in [2.45, 2.75) is 26.2 Å². The summed E-state index contributed by atoms with van der Waals surface area (Å²) in [5.41, 5.74) is 5.08. The van der Waals surface area contributed by atoms with Crippen molar-refractivity contribution in [3.63, 3.8) is 0 Å². The Morgan fingerprint density at radius 1 is 1.00 bits per heavy atom. The lowest BCUT2D eigenvalue weighted by Crippen LogP contribution is -2.25. The number of fused-ring (bicyclic) bond motifs is 2. The molecule has 0 fully saturated rings. The summed E-state index contributed by atoms with van der Waals surface area (Å²) >= 11 is 6.15. The van der Waals surface area contributed by atoms with Crippen molar-refractivity contribution in [3.05, 3.63) is 76.1 Å². The van der Waals surface area contributed by atoms with Gasteiger partial charge in [0.1, 0.15) is 5.82 Å². The van der Waals surface area contributed by atoms with E-state index in [0.29, 0.717) is 28.3 Å². The van der Waals surface area contributed by atoms with Gasteiger partial charge < -0.3 is 14.8 Å². The fourth-order valence-electron chi connectivity index (χ4n) is 4.53. The van der Waals surface area contributed by atoms with Crippen LogP contribution in [-0.2, 0) is 4.79 Å². The first-order valence-corrected chi connectivity index (χ1v) is 11.2. The van der Waals surface area contributed by atoms with E-state index in [-0.39, 0.29) is 25.0 Å². The molecule has 9 heteroatoms. The minimum atomic E-state index is -0.247. The Balaban J connectivity index is 1.59. The van der Waals surface area contributed by atoms with Crippen LogP contribution in [0.4, 0.5) is 5.82 Å². The number of rotatable bonds is 3. The van der Waals surface area contributed by atoms with Gasteiger partial charge in [0, 0.05) is 39.9 Å². The number of amides is 1. The molecule has 0 saturated heterocycles. The monoisotopic (exact) mass is 473 g/mol. The molecule has 34 heavy (non-hydrogen) atoms. The second-order valence-corrected chi connectivity index (χ2v) is 8.83. The van der Waals surface area contributed by atoms with E-state index in [4.69, 9.17) is 26.2 Å². The Kier molecular flexibility index (Phi) is 4.77. The first kappa shape index (κ1) is 20.7. The van der Waals surface area contributed by atoms with Gasteiger partial charge >= 0.3 is 0 Å². The van der Waals surface area contributed by atoms with Gasteiger partial charge in [-0.1, -0.05) is 29.8 Å². The Morgan fingerprint density at radius 3 is 2.50 bits per heavy atom. The fraction of sp³-hybridized carbons (Fsp3) is 0.200. The van der Waals surface area contributed by atoms with E-state index in [1.54, 1.807) is 4.68 Å². The molecule has 0 saturated carbocycles. The fourth-order valence-corrected chi connectivity index (χ4v) is 4.66. The SMILES string of the molecule is Cc1cc(C)nc(-n2nc(-c3ccc(Cl)cc3)c3c2NC(=O)CC3c2ccc3c(c2)OCO3)n1. The van der Waals surface area contributed by atoms with Gasteiger partial charge in [-0.15, -0.1) is 0 Å². The van der Waals surface area contributed by atoms with Crippen LogP contribution >= 0.6 is 11.6 Å². The molecule has 6 rings (SSSR count). The summed E-state index contributed by atoms with van der Waals surface area (Å²) < 4.78 is 12.7. The predicted molar refractivity (Wildman–Crippen MR) is 127 cm³/mol. The van der Waals surface area contributed by atoms with Crippen LogP contribution < -0.4 is 14.8 Å². The number of carbonyl (C=O) groups is 1. The second kappa shape index (κ2) is 7.85. The van der Waals surface area contributed by atoms with Gasteiger partial charge in [-0.05, 0) is 49.7 Å². The van der Waals surface area contributed by atoms with Gasteiger partial charge in [0.25, 0.3) is 5.95 Å². The molecule has 2 aromatic heterocycles. The molecule has 4 heterocycles. The molecule has 1 N–H and O–H groups in total. The van der Waals surface area contributed by atoms with Crippen LogP contribution in [0.5, 0.6) is 11.5 Å². The van der Waals surface area contributed by atoms with Crippen LogP contribution in [0.2, 0.25) is 5.02 Å².